The standard InChI is InChI=1S/C20H27NOS/c1-2-3-4-8-11-19(21)20(22)16-12-14-18(15-13-16)23-17-9-6-5-7-10-17/h6,9-10,12-14,18,21H,2-5,7-8,11,15H2,1H3. The normalized spacial score (nSPS) is 20.1. The third-order valence-electron chi connectivity index (χ3n) is 4.13. The second kappa shape index (κ2) is 9.71. The summed E-state index contributed by atoms with van der Waals surface area (Å²) in [5.74, 6) is -0.0852. The van der Waals surface area contributed by atoms with Crippen LogP contribution < -0.4 is 0 Å². The minimum absolute atomic E-state index is 0.0852. The molecule has 0 fully saturated rings. The van der Waals surface area contributed by atoms with Crippen molar-refractivity contribution >= 4 is 23.3 Å². The number of carbonyl (C=O) groups is 1. The van der Waals surface area contributed by atoms with E-state index in [9.17, 15) is 4.79 Å². The number of carbonyl (C=O) groups excluding carboxylic acids is 1. The molecule has 0 saturated carbocycles. The van der Waals surface area contributed by atoms with Gasteiger partial charge in [0.1, 0.15) is 0 Å². The maximum absolute atomic E-state index is 12.3. The Morgan fingerprint density at radius 1 is 1.22 bits per heavy atom. The van der Waals surface area contributed by atoms with E-state index >= 15 is 0 Å². The highest BCUT2D eigenvalue weighted by molar-refractivity contribution is 8.04. The first-order valence-electron chi connectivity index (χ1n) is 8.74. The first-order chi connectivity index (χ1) is 11.2. The molecule has 0 radical (unpaired) electrons. The van der Waals surface area contributed by atoms with Crippen LogP contribution in [-0.4, -0.2) is 16.7 Å². The molecule has 0 aromatic rings. The molecule has 0 aromatic heterocycles. The van der Waals surface area contributed by atoms with Crippen LogP contribution >= 0.6 is 11.8 Å². The molecule has 3 heteroatoms. The van der Waals surface area contributed by atoms with Gasteiger partial charge in [0.2, 0.25) is 5.78 Å². The van der Waals surface area contributed by atoms with Crippen molar-refractivity contribution in [2.45, 2.75) is 63.5 Å². The maximum atomic E-state index is 12.3. The smallest absolute Gasteiger partial charge is 0.206 e. The monoisotopic (exact) mass is 329 g/mol. The molecule has 124 valence electrons. The third-order valence-corrected chi connectivity index (χ3v) is 5.35. The molecule has 0 amide bonds. The summed E-state index contributed by atoms with van der Waals surface area (Å²) in [5.41, 5.74) is 0.969. The summed E-state index contributed by atoms with van der Waals surface area (Å²) in [6.45, 7) is 2.17. The van der Waals surface area contributed by atoms with Gasteiger partial charge in [-0.05, 0) is 32.1 Å². The van der Waals surface area contributed by atoms with Gasteiger partial charge in [-0.2, -0.15) is 0 Å². The summed E-state index contributed by atoms with van der Waals surface area (Å²) in [5, 5.41) is 8.38. The lowest BCUT2D eigenvalue weighted by atomic mass is 9.97. The molecule has 2 aliphatic carbocycles. The van der Waals surface area contributed by atoms with E-state index in [0.29, 0.717) is 17.2 Å². The molecule has 0 bridgehead atoms. The van der Waals surface area contributed by atoms with Gasteiger partial charge in [0.25, 0.3) is 0 Å². The van der Waals surface area contributed by atoms with Crippen molar-refractivity contribution in [3.05, 3.63) is 46.9 Å². The quantitative estimate of drug-likeness (QED) is 0.431. The molecule has 0 spiro atoms. The van der Waals surface area contributed by atoms with Crippen molar-refractivity contribution in [3.8, 4) is 0 Å². The second-order valence-electron chi connectivity index (χ2n) is 6.12. The molecule has 1 atom stereocenters. The van der Waals surface area contributed by atoms with Crippen LogP contribution in [0.5, 0.6) is 0 Å². The highest BCUT2D eigenvalue weighted by Gasteiger charge is 2.18. The zero-order valence-corrected chi connectivity index (χ0v) is 14.8. The minimum atomic E-state index is -0.0852. The van der Waals surface area contributed by atoms with Gasteiger partial charge in [-0.15, -0.1) is 11.8 Å². The SMILES string of the molecule is CCCCCCC(=N)C(=O)C1=CCC(SC2=CCCC=C2)C=C1. The van der Waals surface area contributed by atoms with Gasteiger partial charge in [-0.1, -0.05) is 62.6 Å². The Bertz CT molecular complexity index is 554. The van der Waals surface area contributed by atoms with E-state index in [1.807, 2.05) is 23.9 Å². The largest absolute Gasteiger partial charge is 0.301 e. The summed E-state index contributed by atoms with van der Waals surface area (Å²) in [4.78, 5) is 13.6. The highest BCUT2D eigenvalue weighted by atomic mass is 32.2. The van der Waals surface area contributed by atoms with Crippen LogP contribution in [0.1, 0.15) is 58.3 Å². The van der Waals surface area contributed by atoms with Crippen molar-refractivity contribution in [2.24, 2.45) is 0 Å². The Hall–Kier alpha value is -1.35. The summed E-state index contributed by atoms with van der Waals surface area (Å²) < 4.78 is 0. The molecular weight excluding hydrogens is 302 g/mol. The minimum Gasteiger partial charge on any atom is -0.301 e. The van der Waals surface area contributed by atoms with Crippen molar-refractivity contribution in [1.82, 2.24) is 0 Å². The van der Waals surface area contributed by atoms with Crippen molar-refractivity contribution in [1.29, 1.82) is 5.41 Å². The van der Waals surface area contributed by atoms with Crippen molar-refractivity contribution < 1.29 is 4.79 Å². The van der Waals surface area contributed by atoms with Gasteiger partial charge in [0.15, 0.2) is 0 Å². The number of ketones is 1. The molecule has 0 saturated heterocycles. The number of rotatable bonds is 9. The van der Waals surface area contributed by atoms with E-state index in [4.69, 9.17) is 5.41 Å². The van der Waals surface area contributed by atoms with E-state index in [1.54, 1.807) is 0 Å². The summed E-state index contributed by atoms with van der Waals surface area (Å²) in [7, 11) is 0. The number of nitrogens with one attached hydrogen (secondary N) is 1. The fourth-order valence-electron chi connectivity index (χ4n) is 2.72. The highest BCUT2D eigenvalue weighted by Crippen LogP contribution is 2.31. The molecule has 0 aromatic carbocycles. The Morgan fingerprint density at radius 2 is 2.09 bits per heavy atom. The van der Waals surface area contributed by atoms with E-state index in [-0.39, 0.29) is 11.5 Å². The zero-order valence-electron chi connectivity index (χ0n) is 14.0. The van der Waals surface area contributed by atoms with Crippen LogP contribution in [0.15, 0.2) is 46.9 Å². The third kappa shape index (κ3) is 5.98. The van der Waals surface area contributed by atoms with Gasteiger partial charge < -0.3 is 5.41 Å². The van der Waals surface area contributed by atoms with E-state index in [0.717, 1.165) is 32.1 Å². The lowest BCUT2D eigenvalue weighted by Crippen LogP contribution is -2.16. The second-order valence-corrected chi connectivity index (χ2v) is 7.43. The molecule has 23 heavy (non-hydrogen) atoms. The number of thioether (sulfide) groups is 1. The van der Waals surface area contributed by atoms with Gasteiger partial charge in [0, 0.05) is 15.7 Å². The predicted octanol–water partition coefficient (Wildman–Crippen LogP) is 5.77. The molecular formula is C20H27NOS. The van der Waals surface area contributed by atoms with Gasteiger partial charge in [0.05, 0.1) is 5.71 Å². The molecule has 1 unspecified atom stereocenters. The number of allylic oxidation sites excluding steroid dienone is 6. The number of hydrogen-bond acceptors (Lipinski definition) is 3. The van der Waals surface area contributed by atoms with Crippen LogP contribution in [0.2, 0.25) is 0 Å². The van der Waals surface area contributed by atoms with E-state index < -0.39 is 0 Å². The Kier molecular flexibility index (Phi) is 7.60. The number of unbranched alkanes of at least 4 members (excludes halogenated alkanes) is 3. The summed E-state index contributed by atoms with van der Waals surface area (Å²) in [6.07, 6.45) is 20.9. The molecule has 0 heterocycles. The average molecular weight is 330 g/mol. The van der Waals surface area contributed by atoms with Crippen LogP contribution in [0.25, 0.3) is 0 Å². The number of Topliss-reactive ketones (excluding diaryl/α,β-unsaturated/α-hetero) is 1. The molecule has 2 rings (SSSR count). The Balaban J connectivity index is 1.78. The fraction of sp³-hybridized carbons (Fsp3) is 0.500. The van der Waals surface area contributed by atoms with E-state index in [1.165, 1.54) is 17.7 Å². The number of hydrogen-bond donors (Lipinski definition) is 1. The molecule has 1 N–H and O–H groups in total. The van der Waals surface area contributed by atoms with Gasteiger partial charge >= 0.3 is 0 Å². The van der Waals surface area contributed by atoms with Crippen LogP contribution in [0, 0.1) is 5.41 Å². The lowest BCUT2D eigenvalue weighted by molar-refractivity contribution is -0.109. The van der Waals surface area contributed by atoms with Crippen molar-refractivity contribution in [3.63, 3.8) is 0 Å². The molecule has 2 nitrogen and oxygen atoms in total. The fourth-order valence-corrected chi connectivity index (χ4v) is 3.81. The zero-order chi connectivity index (χ0) is 16.5. The van der Waals surface area contributed by atoms with Crippen LogP contribution in [0.3, 0.4) is 0 Å². The van der Waals surface area contributed by atoms with Gasteiger partial charge in [-0.3, -0.25) is 4.79 Å². The molecule has 0 aliphatic heterocycles. The first-order valence-corrected chi connectivity index (χ1v) is 9.62. The summed E-state index contributed by atoms with van der Waals surface area (Å²) >= 11 is 1.86. The maximum Gasteiger partial charge on any atom is 0.206 e. The first kappa shape index (κ1) is 18.0. The predicted molar refractivity (Wildman–Crippen MR) is 101 cm³/mol. The topological polar surface area (TPSA) is 40.9 Å². The Labute approximate surface area is 144 Å². The van der Waals surface area contributed by atoms with Crippen LogP contribution in [0.4, 0.5) is 0 Å². The van der Waals surface area contributed by atoms with Crippen molar-refractivity contribution in [2.75, 3.05) is 0 Å². The van der Waals surface area contributed by atoms with E-state index in [2.05, 4.69) is 31.2 Å². The lowest BCUT2D eigenvalue weighted by Gasteiger charge is -2.17. The average Bonchev–Trinajstić information content (AvgIpc) is 2.59. The Morgan fingerprint density at radius 3 is 2.74 bits per heavy atom. The van der Waals surface area contributed by atoms with Crippen LogP contribution in [-0.2, 0) is 4.79 Å². The molecule has 2 aliphatic rings. The summed E-state index contributed by atoms with van der Waals surface area (Å²) in [6, 6.07) is 0. The van der Waals surface area contributed by atoms with Gasteiger partial charge in [-0.25, -0.2) is 0 Å².